The van der Waals surface area contributed by atoms with Crippen molar-refractivity contribution in [2.75, 3.05) is 26.4 Å². The molecule has 0 bridgehead atoms. The molecule has 1 unspecified atom stereocenters. The Morgan fingerprint density at radius 2 is 0.756 bits per heavy atom. The predicted octanol–water partition coefficient (Wildman–Crippen LogP) is -9.75. The van der Waals surface area contributed by atoms with Crippen molar-refractivity contribution < 1.29 is 105 Å². The fraction of sp³-hybridized carbons (Fsp3) is 1.00. The number of aliphatic hydroxyl groups excluding tert-OH is 14. The SMILES string of the molecule is OC[C@H]1O[C@@H](OC[C@H]2O[C@@H](OC[C@H]3O[C@@H](O[C@H]4[C@H](O)[C@@H](CO)OC(O)[C@@H]4O)[C@H](O)[C@@H](O)[C@H]3O)[C@H](O)[C@@H](O)[C@H]2O)[C@H](O)[C@@H](O)[C@H]1O. The highest BCUT2D eigenvalue weighted by atomic mass is 16.8. The second kappa shape index (κ2) is 15.6. The van der Waals surface area contributed by atoms with Gasteiger partial charge in [0, 0.05) is 0 Å². The van der Waals surface area contributed by atoms with E-state index in [1.165, 1.54) is 0 Å². The molecule has 0 aliphatic carbocycles. The molecule has 20 atom stereocenters. The van der Waals surface area contributed by atoms with Crippen LogP contribution in [0.3, 0.4) is 0 Å². The van der Waals surface area contributed by atoms with Crippen molar-refractivity contribution in [1.29, 1.82) is 0 Å². The Morgan fingerprint density at radius 3 is 1.22 bits per heavy atom. The van der Waals surface area contributed by atoms with Crippen LogP contribution in [-0.4, -0.2) is 221 Å². The maximum absolute atomic E-state index is 10.5. The fourth-order valence-electron chi connectivity index (χ4n) is 5.33. The molecule has 4 rings (SSSR count). The second-order valence-corrected chi connectivity index (χ2v) is 11.2. The molecule has 21 nitrogen and oxygen atoms in total. The van der Waals surface area contributed by atoms with Crippen LogP contribution in [0.1, 0.15) is 0 Å². The van der Waals surface area contributed by atoms with Gasteiger partial charge in [-0.25, -0.2) is 0 Å². The Labute approximate surface area is 254 Å². The Balaban J connectivity index is 1.37. The van der Waals surface area contributed by atoms with Gasteiger partial charge in [-0.2, -0.15) is 0 Å². The zero-order valence-electron chi connectivity index (χ0n) is 23.5. The van der Waals surface area contributed by atoms with Crippen molar-refractivity contribution in [3.05, 3.63) is 0 Å². The summed E-state index contributed by atoms with van der Waals surface area (Å²) in [6.07, 6.45) is -34.7. The smallest absolute Gasteiger partial charge is 0.187 e. The van der Waals surface area contributed by atoms with Crippen LogP contribution in [0.15, 0.2) is 0 Å². The highest BCUT2D eigenvalue weighted by Gasteiger charge is 2.52. The minimum atomic E-state index is -1.96. The van der Waals surface area contributed by atoms with Crippen LogP contribution < -0.4 is 0 Å². The van der Waals surface area contributed by atoms with Crippen molar-refractivity contribution in [3.63, 3.8) is 0 Å². The molecule has 264 valence electrons. The maximum atomic E-state index is 10.5. The summed E-state index contributed by atoms with van der Waals surface area (Å²) in [5.74, 6) is 0. The largest absolute Gasteiger partial charge is 0.394 e. The molecule has 0 aromatic rings. The average Bonchev–Trinajstić information content (AvgIpc) is 3.02. The van der Waals surface area contributed by atoms with Crippen LogP contribution >= 0.6 is 0 Å². The van der Waals surface area contributed by atoms with Gasteiger partial charge in [0.2, 0.25) is 0 Å². The van der Waals surface area contributed by atoms with E-state index in [0.717, 1.165) is 0 Å². The Hall–Kier alpha value is -0.840. The zero-order valence-corrected chi connectivity index (χ0v) is 23.5. The summed E-state index contributed by atoms with van der Waals surface area (Å²) in [6.45, 7) is -2.89. The lowest BCUT2D eigenvalue weighted by Gasteiger charge is -2.46. The fourth-order valence-corrected chi connectivity index (χ4v) is 5.33. The Bertz CT molecular complexity index is 916. The lowest BCUT2D eigenvalue weighted by molar-refractivity contribution is -0.364. The van der Waals surface area contributed by atoms with Gasteiger partial charge in [0.05, 0.1) is 26.4 Å². The molecule has 0 aromatic carbocycles. The second-order valence-electron chi connectivity index (χ2n) is 11.2. The highest BCUT2D eigenvalue weighted by molar-refractivity contribution is 4.95. The minimum absolute atomic E-state index is 0.646. The van der Waals surface area contributed by atoms with E-state index in [9.17, 15) is 71.5 Å². The van der Waals surface area contributed by atoms with Crippen LogP contribution in [0.4, 0.5) is 0 Å². The first-order valence-corrected chi connectivity index (χ1v) is 14.1. The molecule has 0 spiro atoms. The summed E-state index contributed by atoms with van der Waals surface area (Å²) in [4.78, 5) is 0. The number of aliphatic hydroxyl groups is 14. The quantitative estimate of drug-likeness (QED) is 0.103. The number of hydrogen-bond acceptors (Lipinski definition) is 21. The monoisotopic (exact) mass is 666 g/mol. The molecule has 0 amide bonds. The molecule has 14 N–H and O–H groups in total. The first-order chi connectivity index (χ1) is 21.2. The zero-order chi connectivity index (χ0) is 33.3. The summed E-state index contributed by atoms with van der Waals surface area (Å²) >= 11 is 0. The summed E-state index contributed by atoms with van der Waals surface area (Å²) in [7, 11) is 0. The molecule has 0 saturated carbocycles. The molecule has 21 heteroatoms. The van der Waals surface area contributed by atoms with Crippen molar-refractivity contribution >= 4 is 0 Å². The molecular weight excluding hydrogens is 624 g/mol. The first-order valence-electron chi connectivity index (χ1n) is 14.1. The molecule has 0 radical (unpaired) electrons. The van der Waals surface area contributed by atoms with E-state index in [1.807, 2.05) is 0 Å². The summed E-state index contributed by atoms with van der Waals surface area (Å²) < 4.78 is 37.2. The van der Waals surface area contributed by atoms with Crippen molar-refractivity contribution in [2.24, 2.45) is 0 Å². The maximum Gasteiger partial charge on any atom is 0.187 e. The number of ether oxygens (including phenoxy) is 7. The Kier molecular flexibility index (Phi) is 12.8. The third-order valence-corrected chi connectivity index (χ3v) is 8.17. The molecule has 4 saturated heterocycles. The topological polar surface area (TPSA) is 348 Å². The van der Waals surface area contributed by atoms with Crippen LogP contribution in [0, 0.1) is 0 Å². The molecule has 0 aromatic heterocycles. The number of rotatable bonds is 10. The van der Waals surface area contributed by atoms with E-state index in [0.29, 0.717) is 0 Å². The van der Waals surface area contributed by atoms with E-state index in [4.69, 9.17) is 33.2 Å². The normalized spacial score (nSPS) is 52.9. The first kappa shape index (κ1) is 37.0. The standard InChI is InChI=1S/C24H42O21/c25-1-5-9(27)13(31)16(34)22(42-5)39-3-7-10(28)14(32)17(35)23(43-7)40-4-8-11(29)15(33)18(36)24(44-8)45-20-12(30)6(2-26)41-21(38)19(20)37/h5-38H,1-4H2/t5-,6-,7-,8-,9+,10+,11+,12-,13+,14+,15+,16-,17-,18-,19-,20+,21?,22-,23-,24+/m1/s1. The van der Waals surface area contributed by atoms with Crippen molar-refractivity contribution in [2.45, 2.75) is 123 Å². The van der Waals surface area contributed by atoms with Gasteiger partial charge in [0.1, 0.15) is 97.7 Å². The lowest BCUT2D eigenvalue weighted by atomic mass is 9.97. The molecule has 4 heterocycles. The molecule has 45 heavy (non-hydrogen) atoms. The lowest BCUT2D eigenvalue weighted by Crippen LogP contribution is -2.65. The summed E-state index contributed by atoms with van der Waals surface area (Å²) in [5.41, 5.74) is 0. The predicted molar refractivity (Wildman–Crippen MR) is 134 cm³/mol. The van der Waals surface area contributed by atoms with Crippen molar-refractivity contribution in [1.82, 2.24) is 0 Å². The third kappa shape index (κ3) is 7.75. The van der Waals surface area contributed by atoms with Gasteiger partial charge in [-0.05, 0) is 0 Å². The van der Waals surface area contributed by atoms with Gasteiger partial charge in [-0.1, -0.05) is 0 Å². The minimum Gasteiger partial charge on any atom is -0.394 e. The molecule has 4 aliphatic rings. The summed E-state index contributed by atoms with van der Waals surface area (Å²) in [5, 5.41) is 142. The van der Waals surface area contributed by atoms with E-state index in [-0.39, 0.29) is 0 Å². The van der Waals surface area contributed by atoms with Crippen molar-refractivity contribution in [3.8, 4) is 0 Å². The van der Waals surface area contributed by atoms with E-state index >= 15 is 0 Å². The summed E-state index contributed by atoms with van der Waals surface area (Å²) in [6, 6.07) is 0. The highest BCUT2D eigenvalue weighted by Crippen LogP contribution is 2.30. The third-order valence-electron chi connectivity index (χ3n) is 8.17. The van der Waals surface area contributed by atoms with E-state index < -0.39 is 149 Å². The van der Waals surface area contributed by atoms with Crippen LogP contribution in [0.25, 0.3) is 0 Å². The van der Waals surface area contributed by atoms with Gasteiger partial charge in [-0.15, -0.1) is 0 Å². The van der Waals surface area contributed by atoms with Gasteiger partial charge < -0.3 is 105 Å². The van der Waals surface area contributed by atoms with E-state index in [2.05, 4.69) is 0 Å². The van der Waals surface area contributed by atoms with Crippen LogP contribution in [-0.2, 0) is 33.2 Å². The molecule has 4 aliphatic heterocycles. The van der Waals surface area contributed by atoms with Crippen LogP contribution in [0.2, 0.25) is 0 Å². The van der Waals surface area contributed by atoms with Gasteiger partial charge >= 0.3 is 0 Å². The number of hydrogen-bond donors (Lipinski definition) is 14. The van der Waals surface area contributed by atoms with Crippen LogP contribution in [0.5, 0.6) is 0 Å². The van der Waals surface area contributed by atoms with Gasteiger partial charge in [-0.3, -0.25) is 0 Å². The van der Waals surface area contributed by atoms with E-state index in [1.54, 1.807) is 0 Å². The average molecular weight is 667 g/mol. The van der Waals surface area contributed by atoms with Gasteiger partial charge in [0.15, 0.2) is 25.2 Å². The molecule has 4 fully saturated rings. The molecular formula is C24H42O21. The Morgan fingerprint density at radius 1 is 0.378 bits per heavy atom. The van der Waals surface area contributed by atoms with Gasteiger partial charge in [0.25, 0.3) is 0 Å².